The van der Waals surface area contributed by atoms with Crippen molar-refractivity contribution in [3.8, 4) is 22.4 Å². The standard InChI is InChI=1S/C24H20F3N5O/c1-3-19(33)31-10-11-32-18(13-31)21(17-8-9-28-23-20(17)14(2)12-29-23)22(30-32)15-4-6-16(7-5-15)24(25,26)27/h3-9,12H,1,10-11,13H2,2H3,(H,28,29). The molecule has 4 heterocycles. The second-order valence-electron chi connectivity index (χ2n) is 7.99. The number of halogens is 3. The summed E-state index contributed by atoms with van der Waals surface area (Å²) < 4.78 is 41.2. The Bertz CT molecular complexity index is 1380. The summed E-state index contributed by atoms with van der Waals surface area (Å²) in [6.07, 6.45) is 0.412. The Labute approximate surface area is 187 Å². The van der Waals surface area contributed by atoms with Gasteiger partial charge in [-0.05, 0) is 42.3 Å². The molecule has 9 heteroatoms. The van der Waals surface area contributed by atoms with Crippen LogP contribution in [0, 0.1) is 6.92 Å². The monoisotopic (exact) mass is 451 g/mol. The highest BCUT2D eigenvalue weighted by atomic mass is 19.4. The Balaban J connectivity index is 1.74. The maximum Gasteiger partial charge on any atom is 0.416 e. The lowest BCUT2D eigenvalue weighted by molar-refractivity contribution is -0.137. The van der Waals surface area contributed by atoms with Crippen molar-refractivity contribution in [2.45, 2.75) is 26.2 Å². The third kappa shape index (κ3) is 3.49. The van der Waals surface area contributed by atoms with Crippen LogP contribution in [0.15, 0.2) is 55.4 Å². The third-order valence-corrected chi connectivity index (χ3v) is 5.99. The summed E-state index contributed by atoms with van der Waals surface area (Å²) in [6.45, 7) is 6.81. The number of carbonyl (C=O) groups is 1. The molecule has 0 fully saturated rings. The largest absolute Gasteiger partial charge is 0.416 e. The van der Waals surface area contributed by atoms with Crippen LogP contribution < -0.4 is 0 Å². The van der Waals surface area contributed by atoms with E-state index >= 15 is 0 Å². The molecule has 0 saturated carbocycles. The van der Waals surface area contributed by atoms with Gasteiger partial charge in [-0.2, -0.15) is 18.3 Å². The van der Waals surface area contributed by atoms with Crippen LogP contribution in [0.1, 0.15) is 16.8 Å². The zero-order valence-corrected chi connectivity index (χ0v) is 17.8. The van der Waals surface area contributed by atoms with Crippen LogP contribution in [-0.4, -0.2) is 37.1 Å². The van der Waals surface area contributed by atoms with Crippen molar-refractivity contribution in [3.05, 3.63) is 72.2 Å². The molecule has 5 rings (SSSR count). The van der Waals surface area contributed by atoms with Gasteiger partial charge < -0.3 is 9.88 Å². The highest BCUT2D eigenvalue weighted by Gasteiger charge is 2.31. The maximum absolute atomic E-state index is 13.1. The van der Waals surface area contributed by atoms with Crippen molar-refractivity contribution in [3.63, 3.8) is 0 Å². The minimum atomic E-state index is -4.42. The number of hydrogen-bond acceptors (Lipinski definition) is 3. The van der Waals surface area contributed by atoms with E-state index in [9.17, 15) is 18.0 Å². The molecule has 0 aliphatic carbocycles. The van der Waals surface area contributed by atoms with Crippen molar-refractivity contribution in [1.29, 1.82) is 0 Å². The number of amides is 1. The fourth-order valence-corrected chi connectivity index (χ4v) is 4.36. The van der Waals surface area contributed by atoms with Crippen molar-refractivity contribution in [1.82, 2.24) is 24.6 Å². The zero-order valence-electron chi connectivity index (χ0n) is 17.8. The molecule has 0 atom stereocenters. The van der Waals surface area contributed by atoms with Gasteiger partial charge in [-0.1, -0.05) is 18.7 Å². The van der Waals surface area contributed by atoms with Gasteiger partial charge in [-0.3, -0.25) is 9.48 Å². The summed E-state index contributed by atoms with van der Waals surface area (Å²) in [4.78, 5) is 21.5. The molecule has 3 aromatic heterocycles. The fraction of sp³-hybridized carbons (Fsp3) is 0.208. The lowest BCUT2D eigenvalue weighted by Crippen LogP contribution is -2.37. The molecule has 33 heavy (non-hydrogen) atoms. The molecule has 1 aliphatic heterocycles. The minimum absolute atomic E-state index is 0.179. The fourth-order valence-electron chi connectivity index (χ4n) is 4.36. The molecule has 4 aromatic rings. The first-order valence-corrected chi connectivity index (χ1v) is 10.4. The molecule has 0 saturated heterocycles. The number of aromatic amines is 1. The van der Waals surface area contributed by atoms with Gasteiger partial charge in [0.1, 0.15) is 11.3 Å². The van der Waals surface area contributed by atoms with Crippen LogP contribution in [0.4, 0.5) is 13.2 Å². The molecule has 1 aromatic carbocycles. The summed E-state index contributed by atoms with van der Waals surface area (Å²) in [5, 5.41) is 5.68. The molecule has 0 bridgehead atoms. The summed E-state index contributed by atoms with van der Waals surface area (Å²) in [5.74, 6) is -0.179. The van der Waals surface area contributed by atoms with E-state index in [4.69, 9.17) is 5.10 Å². The van der Waals surface area contributed by atoms with Crippen LogP contribution in [0.5, 0.6) is 0 Å². The van der Waals surface area contributed by atoms with E-state index in [0.29, 0.717) is 36.5 Å². The maximum atomic E-state index is 13.1. The van der Waals surface area contributed by atoms with E-state index in [1.54, 1.807) is 11.1 Å². The highest BCUT2D eigenvalue weighted by molar-refractivity contribution is 6.00. The Morgan fingerprint density at radius 1 is 1.18 bits per heavy atom. The Morgan fingerprint density at radius 3 is 2.64 bits per heavy atom. The molecule has 1 N–H and O–H groups in total. The lowest BCUT2D eigenvalue weighted by atomic mass is 9.95. The smallest absolute Gasteiger partial charge is 0.346 e. The quantitative estimate of drug-likeness (QED) is 0.449. The van der Waals surface area contributed by atoms with Crippen molar-refractivity contribution in [2.24, 2.45) is 0 Å². The molecule has 0 spiro atoms. The normalized spacial score (nSPS) is 13.9. The number of pyridine rings is 1. The summed E-state index contributed by atoms with van der Waals surface area (Å²) >= 11 is 0. The van der Waals surface area contributed by atoms with E-state index in [0.717, 1.165) is 39.9 Å². The topological polar surface area (TPSA) is 66.8 Å². The molecule has 6 nitrogen and oxygen atoms in total. The third-order valence-electron chi connectivity index (χ3n) is 5.99. The van der Waals surface area contributed by atoms with Crippen LogP contribution in [0.3, 0.4) is 0 Å². The number of benzene rings is 1. The van der Waals surface area contributed by atoms with Gasteiger partial charge in [-0.25, -0.2) is 4.98 Å². The average Bonchev–Trinajstić information content (AvgIpc) is 3.38. The number of rotatable bonds is 3. The summed E-state index contributed by atoms with van der Waals surface area (Å²) in [5.41, 5.74) is 4.58. The highest BCUT2D eigenvalue weighted by Crippen LogP contribution is 2.41. The number of fused-ring (bicyclic) bond motifs is 2. The second-order valence-corrected chi connectivity index (χ2v) is 7.99. The van der Waals surface area contributed by atoms with Crippen LogP contribution in [0.25, 0.3) is 33.4 Å². The number of H-pyrrole nitrogens is 1. The molecule has 1 amide bonds. The first kappa shape index (κ1) is 21.0. The summed E-state index contributed by atoms with van der Waals surface area (Å²) in [6, 6.07) is 6.89. The first-order chi connectivity index (χ1) is 15.8. The van der Waals surface area contributed by atoms with E-state index in [-0.39, 0.29) is 5.91 Å². The summed E-state index contributed by atoms with van der Waals surface area (Å²) in [7, 11) is 0. The van der Waals surface area contributed by atoms with Gasteiger partial charge >= 0.3 is 6.18 Å². The number of aromatic nitrogens is 4. The molecular formula is C24H20F3N5O. The van der Waals surface area contributed by atoms with Crippen LogP contribution in [-0.2, 0) is 24.1 Å². The second kappa shape index (κ2) is 7.61. The lowest BCUT2D eigenvalue weighted by Gasteiger charge is -2.27. The van der Waals surface area contributed by atoms with Crippen molar-refractivity contribution >= 4 is 16.9 Å². The Hall–Kier alpha value is -3.88. The SMILES string of the molecule is C=CC(=O)N1CCn2nc(-c3ccc(C(F)(F)F)cc3)c(-c3ccnc4[nH]cc(C)c34)c2C1. The van der Waals surface area contributed by atoms with Gasteiger partial charge in [0.2, 0.25) is 5.91 Å². The minimum Gasteiger partial charge on any atom is -0.346 e. The van der Waals surface area contributed by atoms with E-state index in [2.05, 4.69) is 16.5 Å². The molecule has 0 unspecified atom stereocenters. The Morgan fingerprint density at radius 2 is 1.94 bits per heavy atom. The van der Waals surface area contributed by atoms with Crippen LogP contribution in [0.2, 0.25) is 0 Å². The number of alkyl halides is 3. The molecular weight excluding hydrogens is 431 g/mol. The number of nitrogens with one attached hydrogen (secondary N) is 1. The molecule has 1 aliphatic rings. The predicted molar refractivity (Wildman–Crippen MR) is 118 cm³/mol. The van der Waals surface area contributed by atoms with Crippen molar-refractivity contribution in [2.75, 3.05) is 6.54 Å². The van der Waals surface area contributed by atoms with Gasteiger partial charge in [-0.15, -0.1) is 0 Å². The van der Waals surface area contributed by atoms with E-state index < -0.39 is 11.7 Å². The van der Waals surface area contributed by atoms with Crippen molar-refractivity contribution < 1.29 is 18.0 Å². The molecule has 168 valence electrons. The first-order valence-electron chi connectivity index (χ1n) is 10.4. The van der Waals surface area contributed by atoms with E-state index in [1.807, 2.05) is 23.9 Å². The molecule has 0 radical (unpaired) electrons. The Kier molecular flexibility index (Phi) is 4.84. The van der Waals surface area contributed by atoms with Gasteiger partial charge in [0.25, 0.3) is 0 Å². The van der Waals surface area contributed by atoms with Gasteiger partial charge in [0.15, 0.2) is 0 Å². The zero-order chi connectivity index (χ0) is 23.3. The van der Waals surface area contributed by atoms with Gasteiger partial charge in [0.05, 0.1) is 24.3 Å². The average molecular weight is 451 g/mol. The number of hydrogen-bond donors (Lipinski definition) is 1. The van der Waals surface area contributed by atoms with Crippen LogP contribution >= 0.6 is 0 Å². The number of carbonyl (C=O) groups excluding carboxylic acids is 1. The number of nitrogens with zero attached hydrogens (tertiary/aromatic N) is 4. The van der Waals surface area contributed by atoms with Gasteiger partial charge in [0, 0.05) is 35.5 Å². The number of aryl methyl sites for hydroxylation is 1. The predicted octanol–water partition coefficient (Wildman–Crippen LogP) is 4.95. The van der Waals surface area contributed by atoms with E-state index in [1.165, 1.54) is 18.2 Å².